The molecular weight excluding hydrogens is 254 g/mol. The topological polar surface area (TPSA) is 52.2 Å². The van der Waals surface area contributed by atoms with Crippen LogP contribution in [-0.2, 0) is 0 Å². The lowest BCUT2D eigenvalue weighted by Gasteiger charge is -2.10. The molecule has 1 aromatic heterocycles. The van der Waals surface area contributed by atoms with Crippen molar-refractivity contribution in [2.45, 2.75) is 26.7 Å². The molecule has 0 amide bonds. The molecule has 0 saturated heterocycles. The molecule has 0 aliphatic heterocycles. The van der Waals surface area contributed by atoms with E-state index in [0.717, 1.165) is 4.57 Å². The van der Waals surface area contributed by atoms with Crippen LogP contribution in [0.4, 0.5) is 0 Å². The first-order valence-electron chi connectivity index (χ1n) is 5.93. The number of fused-ring (bicyclic) bond motifs is 1. The smallest absolute Gasteiger partial charge is 0.407 e. The minimum absolute atomic E-state index is 0.167. The maximum Gasteiger partial charge on any atom is 0.426 e. The van der Waals surface area contributed by atoms with E-state index in [4.69, 9.17) is 16.0 Å². The van der Waals surface area contributed by atoms with Crippen LogP contribution in [0.1, 0.15) is 31.5 Å². The van der Waals surface area contributed by atoms with Crippen molar-refractivity contribution >= 4 is 28.6 Å². The number of benzene rings is 1. The van der Waals surface area contributed by atoms with Crippen LogP contribution in [0.3, 0.4) is 0 Å². The number of carbonyl (C=O) groups excluding carboxylic acids is 1. The second-order valence-electron chi connectivity index (χ2n) is 4.17. The predicted octanol–water partition coefficient (Wildman–Crippen LogP) is 3.32. The lowest BCUT2D eigenvalue weighted by atomic mass is 10.0. The molecule has 1 heterocycles. The van der Waals surface area contributed by atoms with Crippen LogP contribution >= 0.6 is 11.6 Å². The van der Waals surface area contributed by atoms with Gasteiger partial charge in [-0.2, -0.15) is 0 Å². The Labute approximate surface area is 109 Å². The van der Waals surface area contributed by atoms with Crippen molar-refractivity contribution in [1.29, 1.82) is 0 Å². The van der Waals surface area contributed by atoms with Crippen LogP contribution in [0.5, 0.6) is 0 Å². The number of hydrogen-bond donors (Lipinski definition) is 0. The number of carbonyl (C=O) groups is 1. The molecule has 0 unspecified atom stereocenters. The highest BCUT2D eigenvalue weighted by Gasteiger charge is 2.22. The van der Waals surface area contributed by atoms with E-state index in [2.05, 4.69) is 0 Å². The van der Waals surface area contributed by atoms with E-state index >= 15 is 0 Å². The van der Waals surface area contributed by atoms with Crippen LogP contribution < -0.4 is 5.76 Å². The summed E-state index contributed by atoms with van der Waals surface area (Å²) in [4.78, 5) is 24.0. The summed E-state index contributed by atoms with van der Waals surface area (Å²) >= 11 is 5.82. The van der Waals surface area contributed by atoms with Gasteiger partial charge in [0.05, 0.1) is 5.52 Å². The third-order valence-corrected chi connectivity index (χ3v) is 3.33. The molecule has 5 heteroatoms. The van der Waals surface area contributed by atoms with E-state index in [1.165, 1.54) is 6.07 Å². The van der Waals surface area contributed by atoms with E-state index in [1.807, 2.05) is 13.8 Å². The second-order valence-corrected chi connectivity index (χ2v) is 4.60. The van der Waals surface area contributed by atoms with Crippen molar-refractivity contribution < 1.29 is 9.21 Å². The SMILES string of the molecule is CCC(CC)C(=O)n1c(=O)oc2cc(Cl)ccc21. The van der Waals surface area contributed by atoms with Gasteiger partial charge in [0.1, 0.15) is 0 Å². The largest absolute Gasteiger partial charge is 0.426 e. The Bertz CT molecular complexity index is 637. The Morgan fingerprint density at radius 3 is 2.67 bits per heavy atom. The van der Waals surface area contributed by atoms with Crippen LogP contribution in [-0.4, -0.2) is 10.5 Å². The molecule has 0 aliphatic rings. The van der Waals surface area contributed by atoms with Gasteiger partial charge in [0, 0.05) is 17.0 Å². The van der Waals surface area contributed by atoms with Gasteiger partial charge in [0.15, 0.2) is 5.58 Å². The Morgan fingerprint density at radius 2 is 2.06 bits per heavy atom. The number of hydrogen-bond acceptors (Lipinski definition) is 3. The maximum atomic E-state index is 12.3. The van der Waals surface area contributed by atoms with E-state index in [0.29, 0.717) is 29.0 Å². The average Bonchev–Trinajstić information content (AvgIpc) is 2.65. The third-order valence-electron chi connectivity index (χ3n) is 3.10. The van der Waals surface area contributed by atoms with Crippen LogP contribution in [0, 0.1) is 5.92 Å². The van der Waals surface area contributed by atoms with Gasteiger partial charge in [-0.3, -0.25) is 4.79 Å². The molecule has 0 fully saturated rings. The van der Waals surface area contributed by atoms with E-state index in [9.17, 15) is 9.59 Å². The summed E-state index contributed by atoms with van der Waals surface area (Å²) in [6.45, 7) is 3.85. The van der Waals surface area contributed by atoms with Gasteiger partial charge < -0.3 is 4.42 Å². The van der Waals surface area contributed by atoms with Gasteiger partial charge in [-0.1, -0.05) is 25.4 Å². The molecule has 0 aliphatic carbocycles. The molecular formula is C13H14ClNO3. The van der Waals surface area contributed by atoms with Crippen molar-refractivity contribution in [2.75, 3.05) is 0 Å². The number of oxazole rings is 1. The van der Waals surface area contributed by atoms with E-state index in [-0.39, 0.29) is 11.8 Å². The lowest BCUT2D eigenvalue weighted by molar-refractivity contribution is 0.0823. The summed E-state index contributed by atoms with van der Waals surface area (Å²) in [6.07, 6.45) is 1.39. The molecule has 0 spiro atoms. The molecule has 4 nitrogen and oxygen atoms in total. The lowest BCUT2D eigenvalue weighted by Crippen LogP contribution is -2.28. The summed E-state index contributed by atoms with van der Waals surface area (Å²) in [7, 11) is 0. The monoisotopic (exact) mass is 267 g/mol. The maximum absolute atomic E-state index is 12.3. The van der Waals surface area contributed by atoms with Crippen molar-refractivity contribution in [3.8, 4) is 0 Å². The van der Waals surface area contributed by atoms with Gasteiger partial charge in [-0.25, -0.2) is 9.36 Å². The van der Waals surface area contributed by atoms with E-state index < -0.39 is 5.76 Å². The minimum atomic E-state index is -0.649. The summed E-state index contributed by atoms with van der Waals surface area (Å²) in [5.74, 6) is -1.03. The molecule has 0 bridgehead atoms. The Kier molecular flexibility index (Phi) is 3.57. The van der Waals surface area contributed by atoms with Crippen molar-refractivity contribution in [3.05, 3.63) is 33.8 Å². The summed E-state index contributed by atoms with van der Waals surface area (Å²) in [5, 5.41) is 0.471. The quantitative estimate of drug-likeness (QED) is 0.857. The Morgan fingerprint density at radius 1 is 1.39 bits per heavy atom. The number of rotatable bonds is 3. The zero-order valence-electron chi connectivity index (χ0n) is 10.3. The standard InChI is InChI=1S/C13H14ClNO3/c1-3-8(4-2)12(16)15-10-6-5-9(14)7-11(10)18-13(15)17/h5-8H,3-4H2,1-2H3. The molecule has 0 saturated carbocycles. The number of halogens is 1. The molecule has 0 radical (unpaired) electrons. The second kappa shape index (κ2) is 4.98. The minimum Gasteiger partial charge on any atom is -0.407 e. The molecule has 0 atom stereocenters. The summed E-state index contributed by atoms with van der Waals surface area (Å²) in [5.41, 5.74) is 0.813. The first kappa shape index (κ1) is 12.9. The number of aromatic nitrogens is 1. The Hall–Kier alpha value is -1.55. The molecule has 1 aromatic carbocycles. The number of nitrogens with zero attached hydrogens (tertiary/aromatic N) is 1. The first-order chi connectivity index (χ1) is 8.58. The van der Waals surface area contributed by atoms with Gasteiger partial charge in [-0.05, 0) is 25.0 Å². The molecule has 18 heavy (non-hydrogen) atoms. The van der Waals surface area contributed by atoms with Crippen molar-refractivity contribution in [1.82, 2.24) is 4.57 Å². The molecule has 96 valence electrons. The van der Waals surface area contributed by atoms with Crippen molar-refractivity contribution in [2.24, 2.45) is 5.92 Å². The first-order valence-corrected chi connectivity index (χ1v) is 6.31. The fourth-order valence-corrected chi connectivity index (χ4v) is 2.18. The average molecular weight is 268 g/mol. The summed E-state index contributed by atoms with van der Waals surface area (Å²) in [6, 6.07) is 4.80. The predicted molar refractivity (Wildman–Crippen MR) is 70.2 cm³/mol. The van der Waals surface area contributed by atoms with Gasteiger partial charge in [0.2, 0.25) is 5.91 Å². The Balaban J connectivity index is 2.60. The van der Waals surface area contributed by atoms with Crippen LogP contribution in [0.15, 0.2) is 27.4 Å². The molecule has 0 N–H and O–H groups in total. The zero-order chi connectivity index (χ0) is 13.3. The van der Waals surface area contributed by atoms with Gasteiger partial charge >= 0.3 is 5.76 Å². The molecule has 2 aromatic rings. The van der Waals surface area contributed by atoms with Crippen LogP contribution in [0.25, 0.3) is 11.1 Å². The highest BCUT2D eigenvalue weighted by atomic mass is 35.5. The fraction of sp³-hybridized carbons (Fsp3) is 0.385. The highest BCUT2D eigenvalue weighted by molar-refractivity contribution is 6.31. The summed E-state index contributed by atoms with van der Waals surface area (Å²) < 4.78 is 6.14. The molecule has 2 rings (SSSR count). The highest BCUT2D eigenvalue weighted by Crippen LogP contribution is 2.20. The zero-order valence-corrected chi connectivity index (χ0v) is 11.0. The fourth-order valence-electron chi connectivity index (χ4n) is 2.02. The normalized spacial score (nSPS) is 11.3. The van der Waals surface area contributed by atoms with Crippen LogP contribution in [0.2, 0.25) is 5.02 Å². The van der Waals surface area contributed by atoms with Gasteiger partial charge in [-0.15, -0.1) is 0 Å². The van der Waals surface area contributed by atoms with E-state index in [1.54, 1.807) is 12.1 Å². The van der Waals surface area contributed by atoms with Gasteiger partial charge in [0.25, 0.3) is 0 Å². The third kappa shape index (κ3) is 2.08. The van der Waals surface area contributed by atoms with Crippen molar-refractivity contribution in [3.63, 3.8) is 0 Å².